The van der Waals surface area contributed by atoms with Gasteiger partial charge in [0.2, 0.25) is 0 Å². The zero-order valence-electron chi connectivity index (χ0n) is 12.0. The highest BCUT2D eigenvalue weighted by Gasteiger charge is 2.29. The molecule has 1 unspecified atom stereocenters. The van der Waals surface area contributed by atoms with Crippen LogP contribution in [0.1, 0.15) is 39.2 Å². The average molecular weight is 249 g/mol. The lowest BCUT2D eigenvalue weighted by Crippen LogP contribution is -2.38. The van der Waals surface area contributed by atoms with Crippen LogP contribution in [-0.4, -0.2) is 26.3 Å². The first-order chi connectivity index (χ1) is 8.79. The highest BCUT2D eigenvalue weighted by atomic mass is 16.5. The van der Waals surface area contributed by atoms with Gasteiger partial charge in [-0.1, -0.05) is 44.2 Å². The fraction of sp³-hybridized carbons (Fsp3) is 0.625. The van der Waals surface area contributed by atoms with E-state index in [4.69, 9.17) is 4.74 Å². The zero-order valence-corrected chi connectivity index (χ0v) is 12.0. The van der Waals surface area contributed by atoms with Crippen LogP contribution in [0.15, 0.2) is 30.3 Å². The molecule has 1 rings (SSSR count). The number of hydrogen-bond donors (Lipinski definition) is 1. The summed E-state index contributed by atoms with van der Waals surface area (Å²) in [5.74, 6) is 0. The molecule has 1 N–H and O–H groups in total. The molecule has 0 aliphatic carbocycles. The summed E-state index contributed by atoms with van der Waals surface area (Å²) in [5, 5.41) is 3.51. The lowest BCUT2D eigenvalue weighted by molar-refractivity contribution is 0.122. The van der Waals surface area contributed by atoms with Crippen molar-refractivity contribution in [3.05, 3.63) is 35.9 Å². The molecular formula is C16H27NO. The van der Waals surface area contributed by atoms with E-state index in [9.17, 15) is 0 Å². The summed E-state index contributed by atoms with van der Waals surface area (Å²) in [5.41, 5.74) is 1.63. The second-order valence-corrected chi connectivity index (χ2v) is 4.73. The monoisotopic (exact) mass is 249 g/mol. The molecule has 0 aromatic heterocycles. The van der Waals surface area contributed by atoms with E-state index in [0.717, 1.165) is 39.1 Å². The maximum Gasteiger partial charge on any atom is 0.0474 e. The van der Waals surface area contributed by atoms with E-state index in [1.54, 1.807) is 0 Å². The summed E-state index contributed by atoms with van der Waals surface area (Å²) in [7, 11) is 0. The van der Waals surface area contributed by atoms with E-state index in [1.807, 2.05) is 0 Å². The molecule has 0 aliphatic rings. The number of hydrogen-bond acceptors (Lipinski definition) is 2. The van der Waals surface area contributed by atoms with Crippen molar-refractivity contribution in [1.29, 1.82) is 0 Å². The first-order valence-electron chi connectivity index (χ1n) is 7.13. The van der Waals surface area contributed by atoms with E-state index in [-0.39, 0.29) is 5.41 Å². The predicted octanol–water partition coefficient (Wildman–Crippen LogP) is 3.37. The standard InChI is InChI=1S/C16H27NO/c1-4-16(14-17-5-2,12-13-18-6-3)15-10-8-7-9-11-15/h7-11,17H,4-6,12-14H2,1-3H3. The Bertz CT molecular complexity index is 312. The van der Waals surface area contributed by atoms with Crippen LogP contribution >= 0.6 is 0 Å². The van der Waals surface area contributed by atoms with Gasteiger partial charge < -0.3 is 10.1 Å². The van der Waals surface area contributed by atoms with Crippen LogP contribution in [0.4, 0.5) is 0 Å². The van der Waals surface area contributed by atoms with Gasteiger partial charge in [-0.05, 0) is 31.9 Å². The molecule has 0 bridgehead atoms. The number of rotatable bonds is 9. The van der Waals surface area contributed by atoms with Crippen LogP contribution in [0, 0.1) is 0 Å². The van der Waals surface area contributed by atoms with Gasteiger partial charge in [-0.25, -0.2) is 0 Å². The van der Waals surface area contributed by atoms with Crippen LogP contribution in [0.5, 0.6) is 0 Å². The minimum atomic E-state index is 0.201. The van der Waals surface area contributed by atoms with Crippen LogP contribution in [0.3, 0.4) is 0 Å². The van der Waals surface area contributed by atoms with E-state index in [2.05, 4.69) is 56.4 Å². The lowest BCUT2D eigenvalue weighted by atomic mass is 9.75. The van der Waals surface area contributed by atoms with Crippen molar-refractivity contribution in [1.82, 2.24) is 5.32 Å². The summed E-state index contributed by atoms with van der Waals surface area (Å²) in [4.78, 5) is 0. The van der Waals surface area contributed by atoms with Crippen LogP contribution in [0.2, 0.25) is 0 Å². The Morgan fingerprint density at radius 3 is 2.39 bits per heavy atom. The van der Waals surface area contributed by atoms with Gasteiger partial charge in [-0.3, -0.25) is 0 Å². The quantitative estimate of drug-likeness (QED) is 0.678. The summed E-state index contributed by atoms with van der Waals surface area (Å²) in [6.07, 6.45) is 2.21. The molecular weight excluding hydrogens is 222 g/mol. The summed E-state index contributed by atoms with van der Waals surface area (Å²) < 4.78 is 5.56. The number of benzene rings is 1. The van der Waals surface area contributed by atoms with Gasteiger partial charge in [-0.15, -0.1) is 0 Å². The van der Waals surface area contributed by atoms with E-state index in [0.29, 0.717) is 0 Å². The second-order valence-electron chi connectivity index (χ2n) is 4.73. The fourth-order valence-electron chi connectivity index (χ4n) is 2.41. The third-order valence-electron chi connectivity index (χ3n) is 3.71. The van der Waals surface area contributed by atoms with Crippen molar-refractivity contribution in [3.63, 3.8) is 0 Å². The smallest absolute Gasteiger partial charge is 0.0474 e. The Balaban J connectivity index is 2.83. The van der Waals surface area contributed by atoms with Crippen molar-refractivity contribution in [2.45, 2.75) is 39.0 Å². The van der Waals surface area contributed by atoms with Gasteiger partial charge >= 0.3 is 0 Å². The molecule has 2 nitrogen and oxygen atoms in total. The molecule has 0 saturated heterocycles. The van der Waals surface area contributed by atoms with Gasteiger partial charge in [0.15, 0.2) is 0 Å². The van der Waals surface area contributed by atoms with E-state index >= 15 is 0 Å². The molecule has 0 saturated carbocycles. The topological polar surface area (TPSA) is 21.3 Å². The molecule has 0 aliphatic heterocycles. The average Bonchev–Trinajstić information content (AvgIpc) is 2.44. The summed E-state index contributed by atoms with van der Waals surface area (Å²) >= 11 is 0. The molecule has 1 atom stereocenters. The van der Waals surface area contributed by atoms with Crippen LogP contribution in [0.25, 0.3) is 0 Å². The molecule has 0 heterocycles. The lowest BCUT2D eigenvalue weighted by Gasteiger charge is -2.34. The minimum Gasteiger partial charge on any atom is -0.382 e. The van der Waals surface area contributed by atoms with Gasteiger partial charge in [0.05, 0.1) is 0 Å². The van der Waals surface area contributed by atoms with Crippen molar-refractivity contribution >= 4 is 0 Å². The van der Waals surface area contributed by atoms with Crippen molar-refractivity contribution in [2.24, 2.45) is 0 Å². The van der Waals surface area contributed by atoms with Crippen LogP contribution in [-0.2, 0) is 10.2 Å². The Morgan fingerprint density at radius 1 is 1.11 bits per heavy atom. The Kier molecular flexibility index (Phi) is 6.99. The van der Waals surface area contributed by atoms with Crippen LogP contribution < -0.4 is 5.32 Å². The van der Waals surface area contributed by atoms with Gasteiger partial charge in [-0.2, -0.15) is 0 Å². The molecule has 0 fully saturated rings. The molecule has 0 amide bonds. The Morgan fingerprint density at radius 2 is 1.83 bits per heavy atom. The normalized spacial score (nSPS) is 14.4. The van der Waals surface area contributed by atoms with Gasteiger partial charge in [0, 0.05) is 25.2 Å². The van der Waals surface area contributed by atoms with Gasteiger partial charge in [0.25, 0.3) is 0 Å². The first kappa shape index (κ1) is 15.2. The molecule has 1 aromatic carbocycles. The third kappa shape index (κ3) is 4.11. The molecule has 18 heavy (non-hydrogen) atoms. The third-order valence-corrected chi connectivity index (χ3v) is 3.71. The van der Waals surface area contributed by atoms with Gasteiger partial charge in [0.1, 0.15) is 0 Å². The summed E-state index contributed by atoms with van der Waals surface area (Å²) in [6, 6.07) is 10.8. The highest BCUT2D eigenvalue weighted by molar-refractivity contribution is 5.26. The molecule has 0 radical (unpaired) electrons. The minimum absolute atomic E-state index is 0.201. The van der Waals surface area contributed by atoms with E-state index < -0.39 is 0 Å². The second kappa shape index (κ2) is 8.28. The predicted molar refractivity (Wildman–Crippen MR) is 78.1 cm³/mol. The van der Waals surface area contributed by atoms with Crippen molar-refractivity contribution < 1.29 is 4.74 Å². The maximum atomic E-state index is 5.56. The SMILES string of the molecule is CCNCC(CC)(CCOCC)c1ccccc1. The molecule has 1 aromatic rings. The first-order valence-corrected chi connectivity index (χ1v) is 7.13. The molecule has 0 spiro atoms. The fourth-order valence-corrected chi connectivity index (χ4v) is 2.41. The maximum absolute atomic E-state index is 5.56. The zero-order chi connectivity index (χ0) is 13.3. The van der Waals surface area contributed by atoms with Crippen molar-refractivity contribution in [2.75, 3.05) is 26.3 Å². The highest BCUT2D eigenvalue weighted by Crippen LogP contribution is 2.31. The van der Waals surface area contributed by atoms with E-state index in [1.165, 1.54) is 5.56 Å². The molecule has 2 heteroatoms. The number of ether oxygens (including phenoxy) is 1. The number of nitrogens with one attached hydrogen (secondary N) is 1. The Hall–Kier alpha value is -0.860. The van der Waals surface area contributed by atoms with Crippen molar-refractivity contribution in [3.8, 4) is 0 Å². The number of likely N-dealkylation sites (N-methyl/N-ethyl adjacent to an activating group) is 1. The molecule has 102 valence electrons. The largest absolute Gasteiger partial charge is 0.382 e. The summed E-state index contributed by atoms with van der Waals surface area (Å²) in [6.45, 7) is 10.2. The Labute approximate surface area is 112 Å².